The summed E-state index contributed by atoms with van der Waals surface area (Å²) < 4.78 is 0.898. The number of amides is 2. The zero-order valence-corrected chi connectivity index (χ0v) is 15.4. The lowest BCUT2D eigenvalue weighted by molar-refractivity contribution is -0.122. The van der Waals surface area contributed by atoms with Crippen LogP contribution in [-0.2, 0) is 9.59 Å². The molecule has 1 saturated heterocycles. The Kier molecular flexibility index (Phi) is 4.92. The van der Waals surface area contributed by atoms with Gasteiger partial charge in [0.1, 0.15) is 0 Å². The number of carbonyl (C=O) groups is 2. The second-order valence-electron chi connectivity index (χ2n) is 5.79. The first-order valence-electron chi connectivity index (χ1n) is 7.57. The van der Waals surface area contributed by atoms with Gasteiger partial charge in [-0.25, -0.2) is 0 Å². The van der Waals surface area contributed by atoms with E-state index in [1.54, 1.807) is 17.0 Å². The van der Waals surface area contributed by atoms with E-state index in [2.05, 4.69) is 21.2 Å². The highest BCUT2D eigenvalue weighted by Crippen LogP contribution is 2.29. The minimum absolute atomic E-state index is 0.0453. The Morgan fingerprint density at radius 1 is 1.29 bits per heavy atom. The molecule has 1 unspecified atom stereocenters. The molecule has 0 bridgehead atoms. The summed E-state index contributed by atoms with van der Waals surface area (Å²) in [5.41, 5.74) is 2.30. The molecule has 0 spiro atoms. The molecular weight excluding hydrogens is 392 g/mol. The summed E-state index contributed by atoms with van der Waals surface area (Å²) in [5, 5.41) is 3.49. The fourth-order valence-electron chi connectivity index (χ4n) is 2.75. The Morgan fingerprint density at radius 2 is 2.04 bits per heavy atom. The third kappa shape index (κ3) is 3.47. The van der Waals surface area contributed by atoms with E-state index >= 15 is 0 Å². The highest BCUT2D eigenvalue weighted by Gasteiger charge is 2.35. The summed E-state index contributed by atoms with van der Waals surface area (Å²) in [7, 11) is 0. The Labute approximate surface area is 153 Å². The molecule has 1 heterocycles. The van der Waals surface area contributed by atoms with E-state index in [1.165, 1.54) is 0 Å². The van der Waals surface area contributed by atoms with E-state index in [1.807, 2.05) is 37.3 Å². The highest BCUT2D eigenvalue weighted by atomic mass is 79.9. The number of anilines is 2. The first-order chi connectivity index (χ1) is 11.5. The van der Waals surface area contributed by atoms with Gasteiger partial charge in [-0.1, -0.05) is 39.7 Å². The van der Waals surface area contributed by atoms with Gasteiger partial charge in [-0.15, -0.1) is 0 Å². The van der Waals surface area contributed by atoms with Crippen LogP contribution in [-0.4, -0.2) is 18.4 Å². The highest BCUT2D eigenvalue weighted by molar-refractivity contribution is 9.10. The first-order valence-corrected chi connectivity index (χ1v) is 8.74. The van der Waals surface area contributed by atoms with Crippen LogP contribution in [0.4, 0.5) is 11.4 Å². The van der Waals surface area contributed by atoms with Gasteiger partial charge >= 0.3 is 0 Å². The quantitative estimate of drug-likeness (QED) is 0.819. The molecule has 1 N–H and O–H groups in total. The van der Waals surface area contributed by atoms with Crippen LogP contribution in [0.25, 0.3) is 0 Å². The van der Waals surface area contributed by atoms with Gasteiger partial charge in [0, 0.05) is 33.8 Å². The SMILES string of the molecule is Cc1c(Cl)cccc1NC(=O)C1CC(=O)N(c2cccc(Br)c2)C1. The Bertz CT molecular complexity index is 809. The first kappa shape index (κ1) is 17.0. The van der Waals surface area contributed by atoms with E-state index in [-0.39, 0.29) is 24.2 Å². The maximum atomic E-state index is 12.5. The van der Waals surface area contributed by atoms with Crippen LogP contribution in [0, 0.1) is 12.8 Å². The van der Waals surface area contributed by atoms with Crippen LogP contribution < -0.4 is 10.2 Å². The van der Waals surface area contributed by atoms with Crippen molar-refractivity contribution in [1.29, 1.82) is 0 Å². The lowest BCUT2D eigenvalue weighted by Gasteiger charge is -2.17. The molecule has 1 fully saturated rings. The molecule has 124 valence electrons. The summed E-state index contributed by atoms with van der Waals surface area (Å²) in [4.78, 5) is 26.5. The van der Waals surface area contributed by atoms with E-state index in [0.717, 1.165) is 15.7 Å². The van der Waals surface area contributed by atoms with Gasteiger partial charge < -0.3 is 10.2 Å². The number of hydrogen-bond acceptors (Lipinski definition) is 2. The zero-order valence-electron chi connectivity index (χ0n) is 13.1. The van der Waals surface area contributed by atoms with Crippen LogP contribution in [0.2, 0.25) is 5.02 Å². The van der Waals surface area contributed by atoms with Gasteiger partial charge in [-0.05, 0) is 42.8 Å². The van der Waals surface area contributed by atoms with Crippen LogP contribution in [0.15, 0.2) is 46.9 Å². The minimum atomic E-state index is -0.380. The largest absolute Gasteiger partial charge is 0.325 e. The Hall–Kier alpha value is -1.85. The van der Waals surface area contributed by atoms with Crippen molar-refractivity contribution in [2.75, 3.05) is 16.8 Å². The third-order valence-corrected chi connectivity index (χ3v) is 5.04. The lowest BCUT2D eigenvalue weighted by Crippen LogP contribution is -2.28. The maximum absolute atomic E-state index is 12.5. The third-order valence-electron chi connectivity index (χ3n) is 4.14. The van der Waals surface area contributed by atoms with E-state index in [4.69, 9.17) is 11.6 Å². The topological polar surface area (TPSA) is 49.4 Å². The number of hydrogen-bond donors (Lipinski definition) is 1. The van der Waals surface area contributed by atoms with Crippen LogP contribution in [0.1, 0.15) is 12.0 Å². The number of rotatable bonds is 3. The normalized spacial score (nSPS) is 17.2. The minimum Gasteiger partial charge on any atom is -0.325 e. The van der Waals surface area contributed by atoms with Crippen molar-refractivity contribution < 1.29 is 9.59 Å². The number of nitrogens with zero attached hydrogens (tertiary/aromatic N) is 1. The van der Waals surface area contributed by atoms with Gasteiger partial charge in [0.2, 0.25) is 11.8 Å². The molecule has 0 aromatic heterocycles. The molecule has 2 amide bonds. The van der Waals surface area contributed by atoms with Crippen LogP contribution in [0.5, 0.6) is 0 Å². The second kappa shape index (κ2) is 6.95. The monoisotopic (exact) mass is 406 g/mol. The summed E-state index contributed by atoms with van der Waals surface area (Å²) in [6, 6.07) is 12.9. The van der Waals surface area contributed by atoms with Crippen LogP contribution in [0.3, 0.4) is 0 Å². The fourth-order valence-corrected chi connectivity index (χ4v) is 3.32. The molecule has 4 nitrogen and oxygen atoms in total. The van der Waals surface area contributed by atoms with Crippen molar-refractivity contribution in [3.63, 3.8) is 0 Å². The number of nitrogens with one attached hydrogen (secondary N) is 1. The molecule has 1 atom stereocenters. The van der Waals surface area contributed by atoms with Gasteiger partial charge in [0.15, 0.2) is 0 Å². The lowest BCUT2D eigenvalue weighted by atomic mass is 10.1. The van der Waals surface area contributed by atoms with Crippen molar-refractivity contribution in [3.8, 4) is 0 Å². The van der Waals surface area contributed by atoms with E-state index < -0.39 is 0 Å². The van der Waals surface area contributed by atoms with E-state index in [0.29, 0.717) is 17.3 Å². The van der Waals surface area contributed by atoms with Crippen molar-refractivity contribution >= 4 is 50.7 Å². The summed E-state index contributed by atoms with van der Waals surface area (Å²) in [6.07, 6.45) is 0.206. The standard InChI is InChI=1S/C18H16BrClN2O2/c1-11-15(20)6-3-7-16(11)21-18(24)12-8-17(23)22(10-12)14-5-2-4-13(19)9-14/h2-7,9,12H,8,10H2,1H3,(H,21,24). The number of halogens is 2. The maximum Gasteiger partial charge on any atom is 0.229 e. The van der Waals surface area contributed by atoms with Gasteiger partial charge in [0.25, 0.3) is 0 Å². The van der Waals surface area contributed by atoms with Gasteiger partial charge in [-0.3, -0.25) is 9.59 Å². The molecule has 6 heteroatoms. The second-order valence-corrected chi connectivity index (χ2v) is 7.11. The Balaban J connectivity index is 1.73. The molecule has 1 aliphatic heterocycles. The Morgan fingerprint density at radius 3 is 2.79 bits per heavy atom. The zero-order chi connectivity index (χ0) is 17.3. The summed E-state index contributed by atoms with van der Waals surface area (Å²) in [5.74, 6) is -0.586. The number of benzene rings is 2. The molecule has 24 heavy (non-hydrogen) atoms. The molecule has 3 rings (SSSR count). The smallest absolute Gasteiger partial charge is 0.229 e. The number of carbonyl (C=O) groups excluding carboxylic acids is 2. The molecular formula is C18H16BrClN2O2. The summed E-state index contributed by atoms with van der Waals surface area (Å²) >= 11 is 9.48. The van der Waals surface area contributed by atoms with Crippen LogP contribution >= 0.6 is 27.5 Å². The average Bonchev–Trinajstić information content (AvgIpc) is 2.94. The van der Waals surface area contributed by atoms with Crippen molar-refractivity contribution in [2.45, 2.75) is 13.3 Å². The molecule has 2 aromatic carbocycles. The predicted molar refractivity (Wildman–Crippen MR) is 99.4 cm³/mol. The molecule has 2 aromatic rings. The molecule has 0 saturated carbocycles. The molecule has 1 aliphatic rings. The van der Waals surface area contributed by atoms with Gasteiger partial charge in [-0.2, -0.15) is 0 Å². The predicted octanol–water partition coefficient (Wildman–Crippen LogP) is 4.40. The van der Waals surface area contributed by atoms with E-state index in [9.17, 15) is 9.59 Å². The fraction of sp³-hybridized carbons (Fsp3) is 0.222. The van der Waals surface area contributed by atoms with Crippen molar-refractivity contribution in [1.82, 2.24) is 0 Å². The molecule has 0 radical (unpaired) electrons. The van der Waals surface area contributed by atoms with Crippen molar-refractivity contribution in [2.24, 2.45) is 5.92 Å². The average molecular weight is 408 g/mol. The summed E-state index contributed by atoms with van der Waals surface area (Å²) in [6.45, 7) is 2.23. The van der Waals surface area contributed by atoms with Crippen molar-refractivity contribution in [3.05, 3.63) is 57.5 Å². The molecule has 0 aliphatic carbocycles. The van der Waals surface area contributed by atoms with Gasteiger partial charge in [0.05, 0.1) is 5.92 Å².